The van der Waals surface area contributed by atoms with E-state index in [-0.39, 0.29) is 11.4 Å². The van der Waals surface area contributed by atoms with Gasteiger partial charge >= 0.3 is 0 Å². The van der Waals surface area contributed by atoms with E-state index in [1.807, 2.05) is 0 Å². The molecule has 1 amide bonds. The number of hydrogen-bond acceptors (Lipinski definition) is 3. The van der Waals surface area contributed by atoms with Crippen LogP contribution in [0.1, 0.15) is 32.8 Å². The van der Waals surface area contributed by atoms with Gasteiger partial charge in [-0.15, -0.1) is 0 Å². The van der Waals surface area contributed by atoms with Gasteiger partial charge in [-0.3, -0.25) is 4.79 Å². The highest BCUT2D eigenvalue weighted by molar-refractivity contribution is 5.81. The summed E-state index contributed by atoms with van der Waals surface area (Å²) in [6.07, 6.45) is 0.999. The number of carbonyl (C=O) groups excluding carboxylic acids is 1. The second-order valence-electron chi connectivity index (χ2n) is 6.40. The van der Waals surface area contributed by atoms with Crippen LogP contribution in [-0.2, 0) is 11.3 Å². The number of rotatable bonds is 3. The molecular formula is C16H25N3O. The molecule has 1 aromatic rings. The van der Waals surface area contributed by atoms with Crippen molar-refractivity contribution < 1.29 is 4.79 Å². The third-order valence-electron chi connectivity index (χ3n) is 3.39. The van der Waals surface area contributed by atoms with E-state index < -0.39 is 0 Å². The molecule has 1 saturated heterocycles. The first-order valence-electron chi connectivity index (χ1n) is 7.30. The molecule has 4 heteroatoms. The Morgan fingerprint density at radius 2 is 1.95 bits per heavy atom. The van der Waals surface area contributed by atoms with Gasteiger partial charge in [0.2, 0.25) is 5.91 Å². The molecular weight excluding hydrogens is 250 g/mol. The van der Waals surface area contributed by atoms with Gasteiger partial charge in [0.1, 0.15) is 0 Å². The zero-order chi connectivity index (χ0) is 14.6. The lowest BCUT2D eigenvalue weighted by Crippen LogP contribution is -2.35. The maximum Gasteiger partial charge on any atom is 0.239 e. The minimum atomic E-state index is 0.112. The first-order chi connectivity index (χ1) is 9.44. The van der Waals surface area contributed by atoms with E-state index in [4.69, 9.17) is 0 Å². The summed E-state index contributed by atoms with van der Waals surface area (Å²) in [4.78, 5) is 13.7. The molecule has 20 heavy (non-hydrogen) atoms. The molecule has 1 aliphatic heterocycles. The highest BCUT2D eigenvalue weighted by Crippen LogP contribution is 2.17. The highest BCUT2D eigenvalue weighted by atomic mass is 16.2. The minimum Gasteiger partial charge on any atom is -0.362 e. The standard InChI is InChI=1S/C16H25N3O/c1-16(2,3)18-11-13-5-7-14(8-6-13)19-10-4-9-17-15(20)12-19/h5-8,18H,4,9-12H2,1-3H3,(H,17,20). The fraction of sp³-hybridized carbons (Fsp3) is 0.562. The van der Waals surface area contributed by atoms with Gasteiger partial charge in [-0.1, -0.05) is 12.1 Å². The van der Waals surface area contributed by atoms with Gasteiger partial charge < -0.3 is 15.5 Å². The topological polar surface area (TPSA) is 44.4 Å². The smallest absolute Gasteiger partial charge is 0.239 e. The maximum absolute atomic E-state index is 11.6. The molecule has 1 heterocycles. The first kappa shape index (κ1) is 14.9. The summed E-state index contributed by atoms with van der Waals surface area (Å²) >= 11 is 0. The summed E-state index contributed by atoms with van der Waals surface area (Å²) in [6, 6.07) is 8.49. The minimum absolute atomic E-state index is 0.112. The normalized spacial score (nSPS) is 16.8. The molecule has 4 nitrogen and oxygen atoms in total. The van der Waals surface area contributed by atoms with E-state index in [1.165, 1.54) is 5.56 Å². The summed E-state index contributed by atoms with van der Waals surface area (Å²) < 4.78 is 0. The lowest BCUT2D eigenvalue weighted by Gasteiger charge is -2.23. The van der Waals surface area contributed by atoms with Crippen molar-refractivity contribution in [2.75, 3.05) is 24.5 Å². The number of nitrogens with one attached hydrogen (secondary N) is 2. The Morgan fingerprint density at radius 1 is 1.25 bits per heavy atom. The summed E-state index contributed by atoms with van der Waals surface area (Å²) in [6.45, 7) is 9.52. The molecule has 0 aliphatic carbocycles. The Morgan fingerprint density at radius 3 is 2.60 bits per heavy atom. The van der Waals surface area contributed by atoms with Crippen LogP contribution in [0.25, 0.3) is 0 Å². The van der Waals surface area contributed by atoms with Crippen LogP contribution in [-0.4, -0.2) is 31.1 Å². The summed E-state index contributed by atoms with van der Waals surface area (Å²) in [5.74, 6) is 0.112. The van der Waals surface area contributed by atoms with Gasteiger partial charge in [0.05, 0.1) is 6.54 Å². The van der Waals surface area contributed by atoms with E-state index >= 15 is 0 Å². The van der Waals surface area contributed by atoms with Gasteiger partial charge in [-0.25, -0.2) is 0 Å². The van der Waals surface area contributed by atoms with Crippen molar-refractivity contribution in [3.8, 4) is 0 Å². The molecule has 2 N–H and O–H groups in total. The second-order valence-corrected chi connectivity index (χ2v) is 6.40. The highest BCUT2D eigenvalue weighted by Gasteiger charge is 2.15. The van der Waals surface area contributed by atoms with Gasteiger partial charge in [0.15, 0.2) is 0 Å². The largest absolute Gasteiger partial charge is 0.362 e. The van der Waals surface area contributed by atoms with Gasteiger partial charge in [0.25, 0.3) is 0 Å². The number of amides is 1. The number of anilines is 1. The zero-order valence-electron chi connectivity index (χ0n) is 12.7. The van der Waals surface area contributed by atoms with Crippen molar-refractivity contribution in [1.82, 2.24) is 10.6 Å². The number of nitrogens with zero attached hydrogens (tertiary/aromatic N) is 1. The molecule has 0 aromatic heterocycles. The van der Waals surface area contributed by atoms with E-state index in [1.54, 1.807) is 0 Å². The lowest BCUT2D eigenvalue weighted by atomic mass is 10.1. The quantitative estimate of drug-likeness (QED) is 0.885. The SMILES string of the molecule is CC(C)(C)NCc1ccc(N2CCCNC(=O)C2)cc1. The van der Waals surface area contributed by atoms with Crippen molar-refractivity contribution in [1.29, 1.82) is 0 Å². The molecule has 0 unspecified atom stereocenters. The molecule has 1 fully saturated rings. The van der Waals surface area contributed by atoms with E-state index in [0.29, 0.717) is 6.54 Å². The molecule has 0 radical (unpaired) electrons. The molecule has 110 valence electrons. The summed E-state index contributed by atoms with van der Waals surface area (Å²) in [7, 11) is 0. The molecule has 0 atom stereocenters. The summed E-state index contributed by atoms with van der Waals surface area (Å²) in [5.41, 5.74) is 2.52. The molecule has 1 aliphatic rings. The van der Waals surface area contributed by atoms with E-state index in [9.17, 15) is 4.79 Å². The van der Waals surface area contributed by atoms with Crippen molar-refractivity contribution in [2.45, 2.75) is 39.3 Å². The fourth-order valence-corrected chi connectivity index (χ4v) is 2.22. The number of benzene rings is 1. The zero-order valence-corrected chi connectivity index (χ0v) is 12.7. The van der Waals surface area contributed by atoms with Crippen molar-refractivity contribution >= 4 is 11.6 Å². The Balaban J connectivity index is 1.98. The Labute approximate surface area is 121 Å². The van der Waals surface area contributed by atoms with Gasteiger partial charge in [0, 0.05) is 30.9 Å². The predicted octanol–water partition coefficient (Wildman–Crippen LogP) is 1.90. The van der Waals surface area contributed by atoms with Gasteiger partial charge in [-0.05, 0) is 44.9 Å². The van der Waals surface area contributed by atoms with Crippen LogP contribution in [0.2, 0.25) is 0 Å². The van der Waals surface area contributed by atoms with Crippen molar-refractivity contribution in [3.05, 3.63) is 29.8 Å². The molecule has 2 rings (SSSR count). The Hall–Kier alpha value is -1.55. The van der Waals surface area contributed by atoms with Crippen LogP contribution in [0, 0.1) is 0 Å². The lowest BCUT2D eigenvalue weighted by molar-refractivity contribution is -0.119. The Kier molecular flexibility index (Phi) is 4.65. The molecule has 0 spiro atoms. The molecule has 1 aromatic carbocycles. The van der Waals surface area contributed by atoms with Crippen LogP contribution in [0.4, 0.5) is 5.69 Å². The van der Waals surface area contributed by atoms with Crippen LogP contribution >= 0.6 is 0 Å². The Bertz CT molecular complexity index is 448. The fourth-order valence-electron chi connectivity index (χ4n) is 2.22. The molecule has 0 saturated carbocycles. The monoisotopic (exact) mass is 275 g/mol. The van der Waals surface area contributed by atoms with E-state index in [2.05, 4.69) is 60.6 Å². The average Bonchev–Trinajstić information content (AvgIpc) is 2.61. The second kappa shape index (κ2) is 6.27. The van der Waals surface area contributed by atoms with Crippen LogP contribution in [0.5, 0.6) is 0 Å². The van der Waals surface area contributed by atoms with E-state index in [0.717, 1.165) is 31.7 Å². The van der Waals surface area contributed by atoms with Crippen molar-refractivity contribution in [3.63, 3.8) is 0 Å². The average molecular weight is 275 g/mol. The summed E-state index contributed by atoms with van der Waals surface area (Å²) in [5, 5.41) is 6.38. The van der Waals surface area contributed by atoms with Crippen molar-refractivity contribution in [2.24, 2.45) is 0 Å². The number of carbonyl (C=O) groups is 1. The van der Waals surface area contributed by atoms with Gasteiger partial charge in [-0.2, -0.15) is 0 Å². The number of hydrogen-bond donors (Lipinski definition) is 2. The predicted molar refractivity (Wildman–Crippen MR) is 82.9 cm³/mol. The van der Waals surface area contributed by atoms with Crippen LogP contribution in [0.15, 0.2) is 24.3 Å². The molecule has 0 bridgehead atoms. The van der Waals surface area contributed by atoms with Crippen LogP contribution in [0.3, 0.4) is 0 Å². The third-order valence-corrected chi connectivity index (χ3v) is 3.39. The first-order valence-corrected chi connectivity index (χ1v) is 7.30. The van der Waals surface area contributed by atoms with Crippen LogP contribution < -0.4 is 15.5 Å². The third kappa shape index (κ3) is 4.53. The maximum atomic E-state index is 11.6.